The predicted octanol–water partition coefficient (Wildman–Crippen LogP) is 3.34. The van der Waals surface area contributed by atoms with Gasteiger partial charge in [-0.05, 0) is 42.7 Å². The second-order valence-electron chi connectivity index (χ2n) is 6.41. The molecule has 1 N–H and O–H groups in total. The number of hydrogen-bond donors (Lipinski definition) is 1. The van der Waals surface area contributed by atoms with Gasteiger partial charge in [0.25, 0.3) is 5.91 Å². The summed E-state index contributed by atoms with van der Waals surface area (Å²) in [7, 11) is 0. The summed E-state index contributed by atoms with van der Waals surface area (Å²) >= 11 is 0. The van der Waals surface area contributed by atoms with Gasteiger partial charge in [-0.1, -0.05) is 36.4 Å². The predicted molar refractivity (Wildman–Crippen MR) is 103 cm³/mol. The van der Waals surface area contributed by atoms with E-state index in [1.165, 1.54) is 6.20 Å². The highest BCUT2D eigenvalue weighted by Gasteiger charge is 2.13. The van der Waals surface area contributed by atoms with E-state index >= 15 is 0 Å². The zero-order valence-electron chi connectivity index (χ0n) is 15.3. The third-order valence-corrected chi connectivity index (χ3v) is 3.90. The molecule has 0 aliphatic carbocycles. The number of esters is 1. The van der Waals surface area contributed by atoms with Gasteiger partial charge in [0.1, 0.15) is 0 Å². The van der Waals surface area contributed by atoms with Crippen molar-refractivity contribution >= 4 is 17.6 Å². The molecule has 0 aliphatic rings. The zero-order valence-corrected chi connectivity index (χ0v) is 15.3. The quantitative estimate of drug-likeness (QED) is 0.682. The molecule has 0 spiro atoms. The fourth-order valence-electron chi connectivity index (χ4n) is 2.78. The number of carbonyl (C=O) groups is 2. The first kappa shape index (κ1) is 18.4. The molecule has 3 aromatic rings. The molecule has 0 aliphatic heterocycles. The van der Waals surface area contributed by atoms with Crippen molar-refractivity contribution in [2.75, 3.05) is 11.9 Å². The average Bonchev–Trinajstić information content (AvgIpc) is 3.08. The molecule has 2 aromatic carbocycles. The summed E-state index contributed by atoms with van der Waals surface area (Å²) in [5.41, 5.74) is 4.17. The Labute approximate surface area is 157 Å². The smallest absolute Gasteiger partial charge is 0.341 e. The number of rotatable bonds is 6. The van der Waals surface area contributed by atoms with E-state index in [1.54, 1.807) is 10.9 Å². The number of hydrogen-bond acceptors (Lipinski definition) is 4. The van der Waals surface area contributed by atoms with Crippen molar-refractivity contribution in [2.24, 2.45) is 0 Å². The highest BCUT2D eigenvalue weighted by atomic mass is 16.5. The Morgan fingerprint density at radius 2 is 1.78 bits per heavy atom. The molecule has 0 bridgehead atoms. The fourth-order valence-corrected chi connectivity index (χ4v) is 2.78. The average molecular weight is 363 g/mol. The van der Waals surface area contributed by atoms with E-state index in [9.17, 15) is 9.59 Å². The van der Waals surface area contributed by atoms with E-state index in [2.05, 4.69) is 10.4 Å². The minimum atomic E-state index is -0.579. The Hall–Kier alpha value is -3.41. The van der Waals surface area contributed by atoms with Crippen molar-refractivity contribution in [3.8, 4) is 0 Å². The van der Waals surface area contributed by atoms with E-state index in [0.717, 1.165) is 16.7 Å². The lowest BCUT2D eigenvalue weighted by Crippen LogP contribution is -2.20. The van der Waals surface area contributed by atoms with Gasteiger partial charge in [-0.25, -0.2) is 4.79 Å². The van der Waals surface area contributed by atoms with Crippen molar-refractivity contribution in [1.82, 2.24) is 9.78 Å². The van der Waals surface area contributed by atoms with Crippen molar-refractivity contribution in [2.45, 2.75) is 20.4 Å². The second-order valence-corrected chi connectivity index (χ2v) is 6.41. The molecule has 27 heavy (non-hydrogen) atoms. The maximum absolute atomic E-state index is 12.1. The highest BCUT2D eigenvalue weighted by Crippen LogP contribution is 2.13. The van der Waals surface area contributed by atoms with Gasteiger partial charge in [0.15, 0.2) is 6.61 Å². The third-order valence-electron chi connectivity index (χ3n) is 3.90. The van der Waals surface area contributed by atoms with E-state index in [0.29, 0.717) is 17.8 Å². The Morgan fingerprint density at radius 3 is 2.48 bits per heavy atom. The number of carbonyl (C=O) groups excluding carboxylic acids is 2. The van der Waals surface area contributed by atoms with Gasteiger partial charge in [-0.2, -0.15) is 5.10 Å². The largest absolute Gasteiger partial charge is 0.452 e. The Balaban J connectivity index is 1.52. The van der Waals surface area contributed by atoms with Crippen molar-refractivity contribution in [1.29, 1.82) is 0 Å². The van der Waals surface area contributed by atoms with Crippen molar-refractivity contribution in [3.05, 3.63) is 83.2 Å². The van der Waals surface area contributed by atoms with E-state index in [4.69, 9.17) is 4.74 Å². The number of ether oxygens (including phenoxy) is 1. The van der Waals surface area contributed by atoms with Crippen LogP contribution in [0.4, 0.5) is 5.69 Å². The number of amides is 1. The Morgan fingerprint density at radius 1 is 1.07 bits per heavy atom. The first-order chi connectivity index (χ1) is 13.0. The molecule has 1 amide bonds. The van der Waals surface area contributed by atoms with Crippen LogP contribution in [-0.2, 0) is 16.1 Å². The van der Waals surface area contributed by atoms with Crippen LogP contribution in [0.2, 0.25) is 0 Å². The van der Waals surface area contributed by atoms with Crippen LogP contribution in [0.1, 0.15) is 27.0 Å². The summed E-state index contributed by atoms with van der Waals surface area (Å²) < 4.78 is 6.74. The number of aromatic nitrogens is 2. The summed E-state index contributed by atoms with van der Waals surface area (Å²) in [5, 5.41) is 6.89. The van der Waals surface area contributed by atoms with Crippen molar-refractivity contribution < 1.29 is 14.3 Å². The molecular formula is C21H21N3O3. The van der Waals surface area contributed by atoms with Gasteiger partial charge in [0, 0.05) is 11.9 Å². The minimum Gasteiger partial charge on any atom is -0.452 e. The van der Waals surface area contributed by atoms with E-state index < -0.39 is 5.97 Å². The molecule has 0 unspecified atom stereocenters. The first-order valence-corrected chi connectivity index (χ1v) is 8.61. The van der Waals surface area contributed by atoms with E-state index in [-0.39, 0.29) is 12.5 Å². The summed E-state index contributed by atoms with van der Waals surface area (Å²) in [4.78, 5) is 24.1. The molecule has 0 atom stereocenters. The number of nitrogens with one attached hydrogen (secondary N) is 1. The lowest BCUT2D eigenvalue weighted by Gasteiger charge is -2.08. The zero-order chi connectivity index (χ0) is 19.2. The molecule has 0 fully saturated rings. The molecule has 0 saturated heterocycles. The second kappa shape index (κ2) is 8.31. The first-order valence-electron chi connectivity index (χ1n) is 8.61. The number of benzene rings is 2. The number of aryl methyl sites for hydroxylation is 2. The van der Waals surface area contributed by atoms with Crippen LogP contribution in [0.15, 0.2) is 60.9 Å². The van der Waals surface area contributed by atoms with Crippen LogP contribution < -0.4 is 5.32 Å². The van der Waals surface area contributed by atoms with E-state index in [1.807, 2.05) is 62.4 Å². The summed E-state index contributed by atoms with van der Waals surface area (Å²) in [5.74, 6) is -0.963. The third kappa shape index (κ3) is 5.28. The van der Waals surface area contributed by atoms with Gasteiger partial charge >= 0.3 is 5.97 Å². The lowest BCUT2D eigenvalue weighted by atomic mass is 10.1. The molecule has 0 radical (unpaired) electrons. The van der Waals surface area contributed by atoms with Crippen LogP contribution in [0, 0.1) is 13.8 Å². The van der Waals surface area contributed by atoms with Gasteiger partial charge in [0.05, 0.1) is 18.3 Å². The van der Waals surface area contributed by atoms with Gasteiger partial charge in [-0.15, -0.1) is 0 Å². The van der Waals surface area contributed by atoms with Gasteiger partial charge < -0.3 is 10.1 Å². The number of nitrogens with zero attached hydrogens (tertiary/aromatic N) is 2. The minimum absolute atomic E-state index is 0.310. The monoisotopic (exact) mass is 363 g/mol. The Kier molecular flexibility index (Phi) is 5.66. The molecule has 1 heterocycles. The topological polar surface area (TPSA) is 73.2 Å². The molecule has 138 valence electrons. The van der Waals surface area contributed by atoms with Gasteiger partial charge in [-0.3, -0.25) is 9.48 Å². The highest BCUT2D eigenvalue weighted by molar-refractivity contribution is 5.95. The van der Waals surface area contributed by atoms with Crippen LogP contribution >= 0.6 is 0 Å². The van der Waals surface area contributed by atoms with Crippen LogP contribution in [-0.4, -0.2) is 28.3 Å². The van der Waals surface area contributed by atoms with Crippen molar-refractivity contribution in [3.63, 3.8) is 0 Å². The maximum Gasteiger partial charge on any atom is 0.341 e. The SMILES string of the molecule is Cc1cc(C)cc(NC(=O)COC(=O)c2cnn(Cc3ccccc3)c2)c1. The molecule has 0 saturated carbocycles. The lowest BCUT2D eigenvalue weighted by molar-refractivity contribution is -0.119. The molecule has 6 heteroatoms. The Bertz CT molecular complexity index is 928. The molecule has 3 rings (SSSR count). The standard InChI is InChI=1S/C21H21N3O3/c1-15-8-16(2)10-19(9-15)23-20(25)14-27-21(26)18-11-22-24(13-18)12-17-6-4-3-5-7-17/h3-11,13H,12,14H2,1-2H3,(H,23,25). The fraction of sp³-hybridized carbons (Fsp3) is 0.190. The number of anilines is 1. The molecular weight excluding hydrogens is 342 g/mol. The summed E-state index contributed by atoms with van der Waals surface area (Å²) in [6.45, 7) is 4.11. The maximum atomic E-state index is 12.1. The summed E-state index contributed by atoms with van der Waals surface area (Å²) in [6.07, 6.45) is 3.05. The van der Waals surface area contributed by atoms with Crippen LogP contribution in [0.5, 0.6) is 0 Å². The van der Waals surface area contributed by atoms with Crippen LogP contribution in [0.25, 0.3) is 0 Å². The molecule has 1 aromatic heterocycles. The molecule has 6 nitrogen and oxygen atoms in total. The van der Waals surface area contributed by atoms with Gasteiger partial charge in [0.2, 0.25) is 0 Å². The summed E-state index contributed by atoms with van der Waals surface area (Å²) in [6, 6.07) is 15.5. The van der Waals surface area contributed by atoms with Crippen LogP contribution in [0.3, 0.4) is 0 Å². The normalized spacial score (nSPS) is 10.4.